The van der Waals surface area contributed by atoms with E-state index in [2.05, 4.69) is 11.8 Å². The molecule has 0 radical (unpaired) electrons. The summed E-state index contributed by atoms with van der Waals surface area (Å²) < 4.78 is 10.3. The third-order valence-corrected chi connectivity index (χ3v) is 3.60. The number of likely N-dealkylation sites (N-methyl/N-ethyl adjacent to an activating group) is 1. The molecule has 0 bridgehead atoms. The zero-order valence-corrected chi connectivity index (χ0v) is 13.7. The summed E-state index contributed by atoms with van der Waals surface area (Å²) in [5, 5.41) is 0. The van der Waals surface area contributed by atoms with E-state index in [9.17, 15) is 9.59 Å². The molecule has 0 aromatic heterocycles. The van der Waals surface area contributed by atoms with Gasteiger partial charge in [0.2, 0.25) is 5.91 Å². The van der Waals surface area contributed by atoms with Crippen molar-refractivity contribution >= 4 is 17.6 Å². The van der Waals surface area contributed by atoms with Gasteiger partial charge in [-0.25, -0.2) is 0 Å². The number of methoxy groups -OCH3 is 1. The molecule has 1 aliphatic heterocycles. The third kappa shape index (κ3) is 3.46. The summed E-state index contributed by atoms with van der Waals surface area (Å²) in [6.07, 6.45) is 0. The SMILES string of the molecule is COC(=O)C(C)(C)C#Cc1ccc2c(c1)N(C)C(=O)[C@@H](N)CO2. The highest BCUT2D eigenvalue weighted by atomic mass is 16.5. The van der Waals surface area contributed by atoms with Gasteiger partial charge in [-0.3, -0.25) is 9.59 Å². The van der Waals surface area contributed by atoms with Crippen molar-refractivity contribution in [3.05, 3.63) is 23.8 Å². The Hall–Kier alpha value is -2.52. The summed E-state index contributed by atoms with van der Waals surface area (Å²) in [7, 11) is 2.97. The van der Waals surface area contributed by atoms with Crippen LogP contribution in [0.5, 0.6) is 5.75 Å². The highest BCUT2D eigenvalue weighted by molar-refractivity contribution is 5.98. The lowest BCUT2D eigenvalue weighted by Crippen LogP contribution is -2.43. The monoisotopic (exact) mass is 316 g/mol. The van der Waals surface area contributed by atoms with Crippen LogP contribution in [-0.4, -0.2) is 38.7 Å². The lowest BCUT2D eigenvalue weighted by Gasteiger charge is -2.18. The Morgan fingerprint density at radius 1 is 1.48 bits per heavy atom. The van der Waals surface area contributed by atoms with E-state index in [0.717, 1.165) is 0 Å². The zero-order valence-electron chi connectivity index (χ0n) is 13.7. The fourth-order valence-electron chi connectivity index (χ4n) is 2.13. The summed E-state index contributed by atoms with van der Waals surface area (Å²) in [4.78, 5) is 25.2. The third-order valence-electron chi connectivity index (χ3n) is 3.60. The molecule has 1 atom stereocenters. The molecule has 2 rings (SSSR count). The van der Waals surface area contributed by atoms with Crippen molar-refractivity contribution in [2.75, 3.05) is 25.7 Å². The second kappa shape index (κ2) is 6.31. The molecule has 2 N–H and O–H groups in total. The molecule has 0 unspecified atom stereocenters. The number of rotatable bonds is 1. The predicted molar refractivity (Wildman–Crippen MR) is 86.0 cm³/mol. The second-order valence-corrected chi connectivity index (χ2v) is 5.86. The molecule has 122 valence electrons. The molecule has 6 nitrogen and oxygen atoms in total. The highest BCUT2D eigenvalue weighted by Crippen LogP contribution is 2.31. The Labute approximate surface area is 135 Å². The average molecular weight is 316 g/mol. The van der Waals surface area contributed by atoms with Crippen LogP contribution in [0.1, 0.15) is 19.4 Å². The van der Waals surface area contributed by atoms with Gasteiger partial charge in [-0.1, -0.05) is 11.8 Å². The molecule has 1 heterocycles. The van der Waals surface area contributed by atoms with Crippen LogP contribution >= 0.6 is 0 Å². The molecule has 1 aromatic carbocycles. The Bertz CT molecular complexity index is 700. The number of fused-ring (bicyclic) bond motifs is 1. The van der Waals surface area contributed by atoms with E-state index < -0.39 is 17.4 Å². The number of hydrogen-bond donors (Lipinski definition) is 1. The molecule has 0 saturated carbocycles. The molecule has 0 aliphatic carbocycles. The Morgan fingerprint density at radius 3 is 2.83 bits per heavy atom. The van der Waals surface area contributed by atoms with Crippen LogP contribution in [-0.2, 0) is 14.3 Å². The molecule has 6 heteroatoms. The van der Waals surface area contributed by atoms with Crippen LogP contribution < -0.4 is 15.4 Å². The second-order valence-electron chi connectivity index (χ2n) is 5.86. The van der Waals surface area contributed by atoms with Gasteiger partial charge >= 0.3 is 5.97 Å². The van der Waals surface area contributed by atoms with E-state index in [-0.39, 0.29) is 12.5 Å². The van der Waals surface area contributed by atoms with E-state index in [0.29, 0.717) is 17.0 Å². The minimum atomic E-state index is -0.915. The number of carbonyl (C=O) groups is 2. The Balaban J connectivity index is 2.36. The molecule has 0 saturated heterocycles. The minimum Gasteiger partial charge on any atom is -0.489 e. The molecular weight excluding hydrogens is 296 g/mol. The number of carbonyl (C=O) groups excluding carboxylic acids is 2. The summed E-state index contributed by atoms with van der Waals surface area (Å²) in [6, 6.07) is 4.56. The maximum Gasteiger partial charge on any atom is 0.323 e. The van der Waals surface area contributed by atoms with Crippen LogP contribution in [0, 0.1) is 17.3 Å². The number of anilines is 1. The fourth-order valence-corrected chi connectivity index (χ4v) is 2.13. The van der Waals surface area contributed by atoms with Crippen LogP contribution in [0.25, 0.3) is 0 Å². The first-order valence-electron chi connectivity index (χ1n) is 7.18. The van der Waals surface area contributed by atoms with Gasteiger partial charge in [0, 0.05) is 12.6 Å². The summed E-state index contributed by atoms with van der Waals surface area (Å²) >= 11 is 0. The molecule has 0 spiro atoms. The van der Waals surface area contributed by atoms with Crippen molar-refractivity contribution < 1.29 is 19.1 Å². The predicted octanol–water partition coefficient (Wildman–Crippen LogP) is 0.920. The fraction of sp³-hybridized carbons (Fsp3) is 0.412. The lowest BCUT2D eigenvalue weighted by atomic mass is 9.94. The number of nitrogens with two attached hydrogens (primary N) is 1. The minimum absolute atomic E-state index is 0.135. The summed E-state index contributed by atoms with van der Waals surface area (Å²) in [6.45, 7) is 3.51. The first-order chi connectivity index (χ1) is 10.8. The van der Waals surface area contributed by atoms with Crippen LogP contribution in [0.3, 0.4) is 0 Å². The molecule has 1 amide bonds. The maximum atomic E-state index is 12.1. The maximum absolute atomic E-state index is 12.1. The zero-order chi connectivity index (χ0) is 17.2. The Kier molecular flexibility index (Phi) is 4.62. The number of esters is 1. The van der Waals surface area contributed by atoms with Gasteiger partial charge in [-0.2, -0.15) is 0 Å². The van der Waals surface area contributed by atoms with Gasteiger partial charge in [0.1, 0.15) is 23.8 Å². The number of amides is 1. The van der Waals surface area contributed by atoms with Gasteiger partial charge in [0.25, 0.3) is 0 Å². The number of benzene rings is 1. The quantitative estimate of drug-likeness (QED) is 0.615. The van der Waals surface area contributed by atoms with Crippen molar-refractivity contribution in [3.63, 3.8) is 0 Å². The summed E-state index contributed by atoms with van der Waals surface area (Å²) in [5.74, 6) is 5.79. The lowest BCUT2D eigenvalue weighted by molar-refractivity contribution is -0.147. The smallest absolute Gasteiger partial charge is 0.323 e. The van der Waals surface area contributed by atoms with Crippen molar-refractivity contribution in [3.8, 4) is 17.6 Å². The van der Waals surface area contributed by atoms with Gasteiger partial charge in [0.15, 0.2) is 0 Å². The molecule has 1 aliphatic rings. The number of nitrogens with zero attached hydrogens (tertiary/aromatic N) is 1. The first kappa shape index (κ1) is 16.8. The first-order valence-corrected chi connectivity index (χ1v) is 7.18. The van der Waals surface area contributed by atoms with E-state index in [1.807, 2.05) is 0 Å². The van der Waals surface area contributed by atoms with Gasteiger partial charge in [-0.05, 0) is 32.0 Å². The van der Waals surface area contributed by atoms with Gasteiger partial charge in [-0.15, -0.1) is 0 Å². The van der Waals surface area contributed by atoms with Crippen LogP contribution in [0.2, 0.25) is 0 Å². The molecule has 1 aromatic rings. The van der Waals surface area contributed by atoms with Crippen molar-refractivity contribution in [2.24, 2.45) is 11.1 Å². The highest BCUT2D eigenvalue weighted by Gasteiger charge is 2.27. The number of hydrogen-bond acceptors (Lipinski definition) is 5. The molecular formula is C17H20N2O4. The number of ether oxygens (including phenoxy) is 2. The van der Waals surface area contributed by atoms with E-state index >= 15 is 0 Å². The Morgan fingerprint density at radius 2 is 2.17 bits per heavy atom. The molecule has 0 fully saturated rings. The van der Waals surface area contributed by atoms with Gasteiger partial charge < -0.3 is 20.1 Å². The van der Waals surface area contributed by atoms with E-state index in [4.69, 9.17) is 15.2 Å². The summed E-state index contributed by atoms with van der Waals surface area (Å²) in [5.41, 5.74) is 6.11. The largest absolute Gasteiger partial charge is 0.489 e. The standard InChI is InChI=1S/C17H20N2O4/c1-17(2,16(21)22-4)8-7-11-5-6-14-13(9-11)19(3)15(20)12(18)10-23-14/h5-6,9,12H,10,18H2,1-4H3/t12-/m0/s1. The van der Waals surface area contributed by atoms with E-state index in [1.54, 1.807) is 39.1 Å². The topological polar surface area (TPSA) is 81.9 Å². The van der Waals surface area contributed by atoms with Gasteiger partial charge in [0.05, 0.1) is 12.8 Å². The average Bonchev–Trinajstić information content (AvgIpc) is 2.64. The van der Waals surface area contributed by atoms with Crippen LogP contribution in [0.4, 0.5) is 5.69 Å². The van der Waals surface area contributed by atoms with E-state index in [1.165, 1.54) is 12.0 Å². The van der Waals surface area contributed by atoms with Crippen molar-refractivity contribution in [2.45, 2.75) is 19.9 Å². The van der Waals surface area contributed by atoms with Crippen LogP contribution in [0.15, 0.2) is 18.2 Å². The van der Waals surface area contributed by atoms with Crippen molar-refractivity contribution in [1.82, 2.24) is 0 Å². The van der Waals surface area contributed by atoms with Crippen molar-refractivity contribution in [1.29, 1.82) is 0 Å². The normalized spacial score (nSPS) is 17.3. The molecule has 23 heavy (non-hydrogen) atoms.